The van der Waals surface area contributed by atoms with E-state index in [1.165, 1.54) is 12.8 Å². The number of aryl methyl sites for hydroxylation is 1. The number of para-hydroxylation sites is 1. The van der Waals surface area contributed by atoms with Crippen molar-refractivity contribution >= 4 is 16.9 Å². The summed E-state index contributed by atoms with van der Waals surface area (Å²) < 4.78 is 5.75. The van der Waals surface area contributed by atoms with E-state index in [0.29, 0.717) is 12.5 Å². The summed E-state index contributed by atoms with van der Waals surface area (Å²) >= 11 is 0. The molecule has 0 spiro atoms. The molecule has 1 N–H and O–H groups in total. The quantitative estimate of drug-likeness (QED) is 0.879. The molecule has 0 atom stereocenters. The molecule has 0 bridgehead atoms. The highest BCUT2D eigenvalue weighted by atomic mass is 16.4. The van der Waals surface area contributed by atoms with E-state index in [0.717, 1.165) is 28.8 Å². The molecule has 2 aromatic rings. The van der Waals surface area contributed by atoms with E-state index in [1.54, 1.807) is 0 Å². The Labute approximate surface area is 118 Å². The summed E-state index contributed by atoms with van der Waals surface area (Å²) in [6.07, 6.45) is 2.45. The summed E-state index contributed by atoms with van der Waals surface area (Å²) in [6, 6.07) is 7.93. The number of carboxylic acid groups (broad SMARTS) is 1. The summed E-state index contributed by atoms with van der Waals surface area (Å²) in [5, 5.41) is 10.2. The number of rotatable bonds is 6. The van der Waals surface area contributed by atoms with Gasteiger partial charge in [-0.25, -0.2) is 0 Å². The van der Waals surface area contributed by atoms with Crippen LogP contribution in [0.1, 0.15) is 24.2 Å². The Morgan fingerprint density at radius 1 is 1.40 bits per heavy atom. The van der Waals surface area contributed by atoms with Crippen LogP contribution in [0.25, 0.3) is 11.0 Å². The van der Waals surface area contributed by atoms with Gasteiger partial charge in [0, 0.05) is 24.0 Å². The van der Waals surface area contributed by atoms with Crippen molar-refractivity contribution in [2.24, 2.45) is 5.92 Å². The number of fused-ring (bicyclic) bond motifs is 1. The van der Waals surface area contributed by atoms with Gasteiger partial charge in [0.1, 0.15) is 11.3 Å². The van der Waals surface area contributed by atoms with Crippen molar-refractivity contribution in [1.29, 1.82) is 0 Å². The van der Waals surface area contributed by atoms with Crippen molar-refractivity contribution in [1.82, 2.24) is 4.90 Å². The van der Waals surface area contributed by atoms with Crippen LogP contribution >= 0.6 is 0 Å². The van der Waals surface area contributed by atoms with E-state index in [1.807, 2.05) is 36.1 Å². The van der Waals surface area contributed by atoms with E-state index >= 15 is 0 Å². The fourth-order valence-electron chi connectivity index (χ4n) is 2.68. The molecule has 1 heterocycles. The smallest absolute Gasteiger partial charge is 0.317 e. The molecule has 106 valence electrons. The molecule has 3 rings (SSSR count). The number of benzene rings is 1. The maximum atomic E-state index is 11.0. The minimum Gasteiger partial charge on any atom is -0.480 e. The van der Waals surface area contributed by atoms with Crippen LogP contribution in [0.3, 0.4) is 0 Å². The lowest BCUT2D eigenvalue weighted by atomic mass is 10.1. The highest BCUT2D eigenvalue weighted by molar-refractivity contribution is 5.82. The number of furan rings is 1. The molecule has 1 aliphatic rings. The molecule has 1 aromatic heterocycles. The molecule has 0 aliphatic heterocycles. The Morgan fingerprint density at radius 3 is 2.85 bits per heavy atom. The topological polar surface area (TPSA) is 53.7 Å². The second-order valence-electron chi connectivity index (χ2n) is 5.64. The van der Waals surface area contributed by atoms with Crippen LogP contribution in [0, 0.1) is 12.8 Å². The number of nitrogens with zero attached hydrogens (tertiary/aromatic N) is 1. The number of hydrogen-bond donors (Lipinski definition) is 1. The summed E-state index contributed by atoms with van der Waals surface area (Å²) in [6.45, 7) is 3.55. The lowest BCUT2D eigenvalue weighted by Gasteiger charge is -2.19. The highest BCUT2D eigenvalue weighted by Gasteiger charge is 2.26. The maximum absolute atomic E-state index is 11.0. The zero-order valence-corrected chi connectivity index (χ0v) is 11.6. The first kappa shape index (κ1) is 13.2. The Kier molecular flexibility index (Phi) is 3.49. The Hall–Kier alpha value is -1.81. The van der Waals surface area contributed by atoms with Crippen molar-refractivity contribution in [3.63, 3.8) is 0 Å². The molecule has 0 amide bonds. The molecule has 20 heavy (non-hydrogen) atoms. The van der Waals surface area contributed by atoms with Gasteiger partial charge in [-0.1, -0.05) is 18.2 Å². The van der Waals surface area contributed by atoms with Crippen molar-refractivity contribution < 1.29 is 14.3 Å². The van der Waals surface area contributed by atoms with Gasteiger partial charge in [-0.2, -0.15) is 0 Å². The van der Waals surface area contributed by atoms with Crippen molar-refractivity contribution in [2.45, 2.75) is 26.3 Å². The molecule has 1 aliphatic carbocycles. The van der Waals surface area contributed by atoms with E-state index in [2.05, 4.69) is 0 Å². The Morgan fingerprint density at radius 2 is 2.15 bits per heavy atom. The average Bonchev–Trinajstić information content (AvgIpc) is 3.14. The van der Waals surface area contributed by atoms with E-state index < -0.39 is 5.97 Å². The van der Waals surface area contributed by atoms with E-state index in [4.69, 9.17) is 9.52 Å². The summed E-state index contributed by atoms with van der Waals surface area (Å²) in [5.74, 6) is 0.793. The van der Waals surface area contributed by atoms with Crippen molar-refractivity contribution in [3.05, 3.63) is 35.6 Å². The molecule has 0 saturated heterocycles. The standard InChI is InChI=1S/C16H19NO3/c1-11-14(13-4-2-3-5-15(13)20-11)9-17(10-16(18)19)8-12-6-7-12/h2-5,12H,6-10H2,1H3,(H,18,19). The minimum atomic E-state index is -0.767. The normalized spacial score (nSPS) is 15.1. The molecular weight excluding hydrogens is 254 g/mol. The highest BCUT2D eigenvalue weighted by Crippen LogP contribution is 2.31. The number of carbonyl (C=O) groups is 1. The summed E-state index contributed by atoms with van der Waals surface area (Å²) in [5.41, 5.74) is 1.99. The zero-order valence-electron chi connectivity index (χ0n) is 11.6. The fraction of sp³-hybridized carbons (Fsp3) is 0.438. The third-order valence-electron chi connectivity index (χ3n) is 3.85. The van der Waals surface area contributed by atoms with Crippen LogP contribution in [-0.2, 0) is 11.3 Å². The molecule has 4 nitrogen and oxygen atoms in total. The largest absolute Gasteiger partial charge is 0.480 e. The second-order valence-corrected chi connectivity index (χ2v) is 5.64. The average molecular weight is 273 g/mol. The SMILES string of the molecule is Cc1oc2ccccc2c1CN(CC(=O)O)CC1CC1. The van der Waals surface area contributed by atoms with Crippen LogP contribution in [-0.4, -0.2) is 29.1 Å². The maximum Gasteiger partial charge on any atom is 0.317 e. The van der Waals surface area contributed by atoms with Crippen LogP contribution in [0.2, 0.25) is 0 Å². The number of carboxylic acids is 1. The van der Waals surface area contributed by atoms with E-state index in [-0.39, 0.29) is 6.54 Å². The first-order valence-electron chi connectivity index (χ1n) is 7.04. The van der Waals surface area contributed by atoms with Gasteiger partial charge in [0.15, 0.2) is 0 Å². The first-order valence-corrected chi connectivity index (χ1v) is 7.04. The predicted molar refractivity (Wildman–Crippen MR) is 76.6 cm³/mol. The van der Waals surface area contributed by atoms with Crippen LogP contribution < -0.4 is 0 Å². The van der Waals surface area contributed by atoms with Gasteiger partial charge in [0.2, 0.25) is 0 Å². The van der Waals surface area contributed by atoms with Gasteiger partial charge >= 0.3 is 5.97 Å². The Bertz CT molecular complexity index is 628. The monoisotopic (exact) mass is 273 g/mol. The van der Waals surface area contributed by atoms with Crippen LogP contribution in [0.15, 0.2) is 28.7 Å². The molecule has 1 fully saturated rings. The van der Waals surface area contributed by atoms with Crippen LogP contribution in [0.4, 0.5) is 0 Å². The van der Waals surface area contributed by atoms with Gasteiger partial charge in [-0.15, -0.1) is 0 Å². The molecule has 0 unspecified atom stereocenters. The number of hydrogen-bond acceptors (Lipinski definition) is 3. The summed E-state index contributed by atoms with van der Waals surface area (Å²) in [7, 11) is 0. The lowest BCUT2D eigenvalue weighted by molar-refractivity contribution is -0.138. The van der Waals surface area contributed by atoms with Crippen molar-refractivity contribution in [2.75, 3.05) is 13.1 Å². The summed E-state index contributed by atoms with van der Waals surface area (Å²) in [4.78, 5) is 13.0. The minimum absolute atomic E-state index is 0.0927. The predicted octanol–water partition coefficient (Wildman–Crippen LogP) is 3.04. The van der Waals surface area contributed by atoms with Crippen LogP contribution in [0.5, 0.6) is 0 Å². The third kappa shape index (κ3) is 2.85. The molecular formula is C16H19NO3. The van der Waals surface area contributed by atoms with Gasteiger partial charge in [-0.05, 0) is 31.7 Å². The molecule has 4 heteroatoms. The van der Waals surface area contributed by atoms with Gasteiger partial charge < -0.3 is 9.52 Å². The van der Waals surface area contributed by atoms with E-state index in [9.17, 15) is 4.79 Å². The molecule has 1 aromatic carbocycles. The zero-order chi connectivity index (χ0) is 14.1. The number of aliphatic carboxylic acids is 1. The van der Waals surface area contributed by atoms with Gasteiger partial charge in [-0.3, -0.25) is 9.69 Å². The molecule has 1 saturated carbocycles. The lowest BCUT2D eigenvalue weighted by Crippen LogP contribution is -2.31. The fourth-order valence-corrected chi connectivity index (χ4v) is 2.68. The Balaban J connectivity index is 1.84. The first-order chi connectivity index (χ1) is 9.63. The van der Waals surface area contributed by atoms with Gasteiger partial charge in [0.05, 0.1) is 6.54 Å². The van der Waals surface area contributed by atoms with Crippen molar-refractivity contribution in [3.8, 4) is 0 Å². The second kappa shape index (κ2) is 5.29. The van der Waals surface area contributed by atoms with Gasteiger partial charge in [0.25, 0.3) is 0 Å². The molecule has 0 radical (unpaired) electrons. The third-order valence-corrected chi connectivity index (χ3v) is 3.85.